The summed E-state index contributed by atoms with van der Waals surface area (Å²) >= 11 is 0. The number of furan rings is 1. The summed E-state index contributed by atoms with van der Waals surface area (Å²) in [6.45, 7) is 3.54. The number of hydrogen-bond donors (Lipinski definition) is 1. The van der Waals surface area contributed by atoms with E-state index in [1.807, 2.05) is 50.2 Å². The predicted octanol–water partition coefficient (Wildman–Crippen LogP) is 3.66. The largest absolute Gasteiger partial charge is 0.458 e. The van der Waals surface area contributed by atoms with Crippen LogP contribution in [-0.4, -0.2) is 49.1 Å². The predicted molar refractivity (Wildman–Crippen MR) is 134 cm³/mol. The van der Waals surface area contributed by atoms with Gasteiger partial charge in [-0.2, -0.15) is 4.80 Å². The summed E-state index contributed by atoms with van der Waals surface area (Å²) in [5, 5.41) is 16.4. The van der Waals surface area contributed by atoms with E-state index in [4.69, 9.17) is 4.42 Å². The summed E-state index contributed by atoms with van der Waals surface area (Å²) in [7, 11) is 0. The summed E-state index contributed by atoms with van der Waals surface area (Å²) < 4.78 is 5.56. The van der Waals surface area contributed by atoms with Gasteiger partial charge in [-0.05, 0) is 55.7 Å². The maximum atomic E-state index is 13.7. The van der Waals surface area contributed by atoms with Gasteiger partial charge in [-0.1, -0.05) is 38.0 Å². The van der Waals surface area contributed by atoms with Crippen molar-refractivity contribution in [1.82, 2.24) is 30.5 Å². The Bertz CT molecular complexity index is 1370. The van der Waals surface area contributed by atoms with Gasteiger partial charge >= 0.3 is 0 Å². The van der Waals surface area contributed by atoms with Gasteiger partial charge in [-0.15, -0.1) is 10.2 Å². The third-order valence-electron chi connectivity index (χ3n) is 6.52. The number of rotatable bonds is 8. The van der Waals surface area contributed by atoms with Crippen molar-refractivity contribution < 1.29 is 14.0 Å². The minimum absolute atomic E-state index is 0.148. The van der Waals surface area contributed by atoms with Crippen molar-refractivity contribution in [1.29, 1.82) is 0 Å². The maximum Gasteiger partial charge on any atom is 0.251 e. The summed E-state index contributed by atoms with van der Waals surface area (Å²) in [5.74, 6) is 1.00. The summed E-state index contributed by atoms with van der Waals surface area (Å²) in [5.41, 5.74) is 1.36. The molecule has 3 heterocycles. The Balaban J connectivity index is 1.44. The number of nitrogens with one attached hydrogen (secondary N) is 1. The van der Waals surface area contributed by atoms with E-state index in [0.29, 0.717) is 23.7 Å². The molecule has 0 saturated heterocycles. The highest BCUT2D eigenvalue weighted by Gasteiger charge is 2.32. The van der Waals surface area contributed by atoms with Crippen molar-refractivity contribution in [2.75, 3.05) is 4.90 Å². The number of nitrogens with zero attached hydrogens (tertiary/aromatic N) is 6. The number of fused-ring (bicyclic) bond motifs is 1. The third-order valence-corrected chi connectivity index (χ3v) is 6.52. The summed E-state index contributed by atoms with van der Waals surface area (Å²) in [4.78, 5) is 34.3. The lowest BCUT2D eigenvalue weighted by Gasteiger charge is -2.31. The van der Waals surface area contributed by atoms with Crippen molar-refractivity contribution in [2.45, 2.75) is 64.6 Å². The van der Waals surface area contributed by atoms with Crippen LogP contribution in [0.2, 0.25) is 0 Å². The molecular weight excluding hydrogens is 458 g/mol. The number of hydrogen-bond acceptors (Lipinski definition) is 7. The molecule has 10 heteroatoms. The number of amides is 2. The first kappa shape index (κ1) is 23.7. The molecule has 0 aliphatic heterocycles. The molecule has 0 unspecified atom stereocenters. The van der Waals surface area contributed by atoms with E-state index >= 15 is 0 Å². The molecular formula is C26H29N7O3. The SMILES string of the molecule is CC[C@@H](C(=O)NC1CCCC1)N(C(=O)Cn1nnc(-c2ccc(C)o2)n1)c1cnc2ccccc2c1. The van der Waals surface area contributed by atoms with E-state index in [9.17, 15) is 9.59 Å². The van der Waals surface area contributed by atoms with E-state index in [1.54, 1.807) is 12.3 Å². The molecule has 4 aromatic rings. The van der Waals surface area contributed by atoms with Gasteiger partial charge in [0.15, 0.2) is 5.76 Å². The quantitative estimate of drug-likeness (QED) is 0.403. The number of carbonyl (C=O) groups is 2. The molecule has 0 spiro atoms. The first-order valence-electron chi connectivity index (χ1n) is 12.3. The van der Waals surface area contributed by atoms with E-state index in [2.05, 4.69) is 25.7 Å². The van der Waals surface area contributed by atoms with E-state index in [1.165, 1.54) is 9.70 Å². The Hall–Kier alpha value is -4.08. The number of anilines is 1. The van der Waals surface area contributed by atoms with Crippen LogP contribution >= 0.6 is 0 Å². The number of carbonyl (C=O) groups excluding carboxylic acids is 2. The molecule has 10 nitrogen and oxygen atoms in total. The minimum atomic E-state index is -0.697. The average molecular weight is 488 g/mol. The molecule has 5 rings (SSSR count). The molecule has 3 aromatic heterocycles. The Kier molecular flexibility index (Phi) is 6.75. The molecule has 1 aliphatic rings. The van der Waals surface area contributed by atoms with Crippen LogP contribution in [0.1, 0.15) is 44.8 Å². The summed E-state index contributed by atoms with van der Waals surface area (Å²) in [6.07, 6.45) is 6.22. The highest BCUT2D eigenvalue weighted by atomic mass is 16.3. The fraction of sp³-hybridized carbons (Fsp3) is 0.385. The third kappa shape index (κ3) is 4.98. The van der Waals surface area contributed by atoms with Gasteiger partial charge in [-0.3, -0.25) is 19.5 Å². The lowest BCUT2D eigenvalue weighted by atomic mass is 10.1. The highest BCUT2D eigenvalue weighted by molar-refractivity contribution is 6.01. The molecule has 0 bridgehead atoms. The van der Waals surface area contributed by atoms with Gasteiger partial charge in [0.05, 0.1) is 17.4 Å². The van der Waals surface area contributed by atoms with Gasteiger partial charge in [-0.25, -0.2) is 0 Å². The fourth-order valence-electron chi connectivity index (χ4n) is 4.70. The Morgan fingerprint density at radius 2 is 2.00 bits per heavy atom. The fourth-order valence-corrected chi connectivity index (χ4v) is 4.70. The van der Waals surface area contributed by atoms with Crippen LogP contribution in [0.5, 0.6) is 0 Å². The van der Waals surface area contributed by atoms with Gasteiger partial charge in [0.25, 0.3) is 5.91 Å². The van der Waals surface area contributed by atoms with E-state index in [-0.39, 0.29) is 24.4 Å². The van der Waals surface area contributed by atoms with Crippen LogP contribution in [-0.2, 0) is 16.1 Å². The summed E-state index contributed by atoms with van der Waals surface area (Å²) in [6, 6.07) is 12.6. The molecule has 0 radical (unpaired) electrons. The monoisotopic (exact) mass is 487 g/mol. The zero-order valence-corrected chi connectivity index (χ0v) is 20.4. The van der Waals surface area contributed by atoms with Crippen molar-refractivity contribution in [2.24, 2.45) is 0 Å². The molecule has 186 valence electrons. The number of tetrazole rings is 1. The average Bonchev–Trinajstić information content (AvgIpc) is 3.65. The molecule has 1 fully saturated rings. The molecule has 2 amide bonds. The standard InChI is InChI=1S/C26H29N7O3/c1-3-22(26(35)28-19-9-5-6-10-19)33(20-14-18-8-4-7-11-21(18)27-15-20)24(34)16-32-30-25(29-31-32)23-13-12-17(2)36-23/h4,7-8,11-15,19,22H,3,5-6,9-10,16H2,1-2H3,(H,28,35)/t22-/m0/s1. The molecule has 1 aliphatic carbocycles. The second-order valence-electron chi connectivity index (χ2n) is 9.12. The molecule has 1 aromatic carbocycles. The smallest absolute Gasteiger partial charge is 0.251 e. The van der Waals surface area contributed by atoms with Crippen molar-refractivity contribution >= 4 is 28.4 Å². The van der Waals surface area contributed by atoms with Gasteiger partial charge in [0.2, 0.25) is 11.7 Å². The van der Waals surface area contributed by atoms with Gasteiger partial charge in [0, 0.05) is 11.4 Å². The lowest BCUT2D eigenvalue weighted by molar-refractivity contribution is -0.127. The number of aryl methyl sites for hydroxylation is 1. The maximum absolute atomic E-state index is 13.7. The van der Waals surface area contributed by atoms with Crippen LogP contribution in [0, 0.1) is 6.92 Å². The molecule has 1 saturated carbocycles. The van der Waals surface area contributed by atoms with Crippen LogP contribution in [0.4, 0.5) is 5.69 Å². The number of aromatic nitrogens is 5. The normalized spacial score (nSPS) is 14.7. The van der Waals surface area contributed by atoms with E-state index < -0.39 is 6.04 Å². The number of para-hydroxylation sites is 1. The van der Waals surface area contributed by atoms with E-state index in [0.717, 1.165) is 42.3 Å². The van der Waals surface area contributed by atoms with Crippen molar-refractivity contribution in [3.05, 3.63) is 54.4 Å². The molecule has 36 heavy (non-hydrogen) atoms. The Morgan fingerprint density at radius 3 is 2.75 bits per heavy atom. The second-order valence-corrected chi connectivity index (χ2v) is 9.12. The highest BCUT2D eigenvalue weighted by Crippen LogP contribution is 2.25. The first-order valence-corrected chi connectivity index (χ1v) is 12.3. The van der Waals surface area contributed by atoms with Crippen LogP contribution in [0.3, 0.4) is 0 Å². The van der Waals surface area contributed by atoms with Crippen LogP contribution in [0.15, 0.2) is 53.1 Å². The zero-order valence-electron chi connectivity index (χ0n) is 20.4. The lowest BCUT2D eigenvalue weighted by Crippen LogP contribution is -2.52. The minimum Gasteiger partial charge on any atom is -0.458 e. The van der Waals surface area contributed by atoms with Crippen molar-refractivity contribution in [3.8, 4) is 11.6 Å². The topological polar surface area (TPSA) is 119 Å². The van der Waals surface area contributed by atoms with Crippen LogP contribution in [0.25, 0.3) is 22.5 Å². The zero-order chi connectivity index (χ0) is 25.1. The van der Waals surface area contributed by atoms with Crippen molar-refractivity contribution in [3.63, 3.8) is 0 Å². The number of pyridine rings is 1. The first-order chi connectivity index (χ1) is 17.5. The van der Waals surface area contributed by atoms with Gasteiger partial charge in [0.1, 0.15) is 18.3 Å². The number of benzene rings is 1. The van der Waals surface area contributed by atoms with Crippen LogP contribution < -0.4 is 10.2 Å². The Labute approximate surface area is 208 Å². The second kappa shape index (κ2) is 10.3. The molecule has 1 N–H and O–H groups in total. The molecule has 1 atom stereocenters. The van der Waals surface area contributed by atoms with Gasteiger partial charge < -0.3 is 9.73 Å². The Morgan fingerprint density at radius 1 is 1.19 bits per heavy atom.